The number of terminal acetylenes is 1. The van der Waals surface area contributed by atoms with Crippen molar-refractivity contribution in [2.45, 2.75) is 19.8 Å². The topological polar surface area (TPSA) is 52.1 Å². The minimum Gasteiger partial charge on any atom is -0.481 e. The molecule has 4 aromatic carbocycles. The van der Waals surface area contributed by atoms with E-state index in [1.807, 2.05) is 72.8 Å². The lowest BCUT2D eigenvalue weighted by molar-refractivity contribution is 0.103. The quantitative estimate of drug-likeness (QED) is 0.208. The largest absolute Gasteiger partial charge is 0.481 e. The molecule has 0 amide bonds. The van der Waals surface area contributed by atoms with Gasteiger partial charge in [-0.15, -0.1) is 6.42 Å². The molecule has 0 aliphatic heterocycles. The highest BCUT2D eigenvalue weighted by atomic mass is 16.5. The average Bonchev–Trinajstić information content (AvgIpc) is 2.90. The Morgan fingerprint density at radius 3 is 2.46 bits per heavy atom. The zero-order chi connectivity index (χ0) is 24.4. The van der Waals surface area contributed by atoms with Crippen molar-refractivity contribution in [1.29, 1.82) is 0 Å². The number of ether oxygens (including phenoxy) is 1. The fraction of sp³-hybridized carbons (Fsp3) is 0.129. The van der Waals surface area contributed by atoms with Gasteiger partial charge in [0.1, 0.15) is 12.4 Å². The number of nitrogens with zero attached hydrogens (tertiary/aromatic N) is 2. The van der Waals surface area contributed by atoms with Crippen molar-refractivity contribution >= 4 is 27.5 Å². The molecule has 0 aliphatic rings. The van der Waals surface area contributed by atoms with Gasteiger partial charge in [-0.2, -0.15) is 0 Å². The number of rotatable bonds is 6. The lowest BCUT2D eigenvalue weighted by Crippen LogP contribution is -2.09. The van der Waals surface area contributed by atoms with Crippen molar-refractivity contribution in [3.63, 3.8) is 0 Å². The van der Waals surface area contributed by atoms with Gasteiger partial charge in [0.25, 0.3) is 0 Å². The van der Waals surface area contributed by atoms with E-state index >= 15 is 0 Å². The van der Waals surface area contributed by atoms with Crippen LogP contribution in [0, 0.1) is 12.3 Å². The molecule has 0 spiro atoms. The first-order valence-corrected chi connectivity index (χ1v) is 11.6. The molecule has 0 saturated carbocycles. The highest BCUT2D eigenvalue weighted by Crippen LogP contribution is 2.31. The van der Waals surface area contributed by atoms with Gasteiger partial charge >= 0.3 is 0 Å². The lowest BCUT2D eigenvalue weighted by Gasteiger charge is -2.12. The summed E-state index contributed by atoms with van der Waals surface area (Å²) in [5.41, 5.74) is 4.07. The molecule has 4 nitrogen and oxygen atoms in total. The molecule has 0 N–H and O–H groups in total. The number of hydrogen-bond donors (Lipinski definition) is 0. The van der Waals surface area contributed by atoms with Gasteiger partial charge in [0.05, 0.1) is 11.2 Å². The monoisotopic (exact) mass is 456 g/mol. The van der Waals surface area contributed by atoms with Crippen molar-refractivity contribution < 1.29 is 9.53 Å². The molecule has 0 saturated heterocycles. The summed E-state index contributed by atoms with van der Waals surface area (Å²) in [6.45, 7) is 4.48. The minimum absolute atomic E-state index is 0.161. The maximum atomic E-state index is 13.7. The smallest absolute Gasteiger partial charge is 0.230 e. The van der Waals surface area contributed by atoms with Crippen molar-refractivity contribution in [2.24, 2.45) is 0 Å². The van der Waals surface area contributed by atoms with Crippen LogP contribution in [-0.2, 0) is 0 Å². The molecule has 170 valence electrons. The van der Waals surface area contributed by atoms with Gasteiger partial charge in [-0.05, 0) is 40.5 Å². The number of fused-ring (bicyclic) bond motifs is 2. The molecule has 1 aromatic heterocycles. The third-order valence-electron chi connectivity index (χ3n) is 6.08. The van der Waals surface area contributed by atoms with E-state index in [1.54, 1.807) is 0 Å². The molecule has 35 heavy (non-hydrogen) atoms. The highest BCUT2D eigenvalue weighted by molar-refractivity contribution is 6.15. The Balaban J connectivity index is 1.69. The van der Waals surface area contributed by atoms with E-state index in [4.69, 9.17) is 16.1 Å². The molecule has 0 unspecified atom stereocenters. The molecule has 0 fully saturated rings. The Labute approximate surface area is 204 Å². The van der Waals surface area contributed by atoms with Crippen molar-refractivity contribution in [3.05, 3.63) is 102 Å². The number of benzene rings is 4. The zero-order valence-electron chi connectivity index (χ0n) is 19.7. The van der Waals surface area contributed by atoms with E-state index in [0.717, 1.165) is 21.7 Å². The summed E-state index contributed by atoms with van der Waals surface area (Å²) in [4.78, 5) is 23.1. The third-order valence-corrected chi connectivity index (χ3v) is 6.08. The van der Waals surface area contributed by atoms with Crippen LogP contribution in [0.1, 0.15) is 41.5 Å². The fourth-order valence-corrected chi connectivity index (χ4v) is 4.21. The van der Waals surface area contributed by atoms with Crippen LogP contribution in [0.25, 0.3) is 32.9 Å². The minimum atomic E-state index is -0.212. The SMILES string of the molecule is C#CCOc1ccc2nc(C(=O)c3cccc4ccccc34)nc(-c3ccc(C(C)C)cc3)c2c1. The van der Waals surface area contributed by atoms with Gasteiger partial charge < -0.3 is 4.74 Å². The van der Waals surface area contributed by atoms with Crippen molar-refractivity contribution in [3.8, 4) is 29.4 Å². The Bertz CT molecular complexity index is 1590. The summed E-state index contributed by atoms with van der Waals surface area (Å²) in [5, 5.41) is 2.68. The van der Waals surface area contributed by atoms with E-state index in [0.29, 0.717) is 28.4 Å². The summed E-state index contributed by atoms with van der Waals surface area (Å²) in [7, 11) is 0. The Morgan fingerprint density at radius 1 is 0.914 bits per heavy atom. The fourth-order valence-electron chi connectivity index (χ4n) is 4.21. The van der Waals surface area contributed by atoms with Gasteiger partial charge in [0.15, 0.2) is 0 Å². The second-order valence-electron chi connectivity index (χ2n) is 8.70. The zero-order valence-corrected chi connectivity index (χ0v) is 19.7. The maximum absolute atomic E-state index is 13.7. The number of carbonyl (C=O) groups excluding carboxylic acids is 1. The summed E-state index contributed by atoms with van der Waals surface area (Å²) in [5.74, 6) is 3.48. The van der Waals surface area contributed by atoms with E-state index in [-0.39, 0.29) is 18.2 Å². The van der Waals surface area contributed by atoms with Gasteiger partial charge in [0, 0.05) is 16.5 Å². The van der Waals surface area contributed by atoms with E-state index in [9.17, 15) is 4.79 Å². The van der Waals surface area contributed by atoms with E-state index in [1.165, 1.54) is 5.56 Å². The molecule has 0 bridgehead atoms. The first-order chi connectivity index (χ1) is 17.0. The maximum Gasteiger partial charge on any atom is 0.230 e. The average molecular weight is 457 g/mol. The summed E-state index contributed by atoms with van der Waals surface area (Å²) in [6.07, 6.45) is 5.36. The van der Waals surface area contributed by atoms with Gasteiger partial charge in [-0.25, -0.2) is 9.97 Å². The number of ketones is 1. The Kier molecular flexibility index (Phi) is 5.99. The molecule has 4 heteroatoms. The van der Waals surface area contributed by atoms with E-state index < -0.39 is 0 Å². The standard InChI is InChI=1S/C31H24N2O2/c1-4-18-35-24-16-17-28-27(19-24)29(23-14-12-21(13-15-23)20(2)3)33-31(32-28)30(34)26-11-7-9-22-8-5-6-10-25(22)26/h1,5-17,19-20H,18H2,2-3H3. The Morgan fingerprint density at radius 2 is 1.69 bits per heavy atom. The van der Waals surface area contributed by atoms with Crippen LogP contribution in [0.3, 0.4) is 0 Å². The van der Waals surface area contributed by atoms with Gasteiger partial charge in [-0.3, -0.25) is 4.79 Å². The van der Waals surface area contributed by atoms with Crippen LogP contribution in [0.2, 0.25) is 0 Å². The molecule has 0 aliphatic carbocycles. The molecule has 5 rings (SSSR count). The number of carbonyl (C=O) groups is 1. The first kappa shape index (κ1) is 22.3. The second-order valence-corrected chi connectivity index (χ2v) is 8.70. The summed E-state index contributed by atoms with van der Waals surface area (Å²) in [6, 6.07) is 27.3. The van der Waals surface area contributed by atoms with Gasteiger partial charge in [-0.1, -0.05) is 86.5 Å². The lowest BCUT2D eigenvalue weighted by atomic mass is 9.98. The number of aromatic nitrogens is 2. The van der Waals surface area contributed by atoms with Gasteiger partial charge in [0.2, 0.25) is 11.6 Å². The second kappa shape index (κ2) is 9.40. The summed E-state index contributed by atoms with van der Waals surface area (Å²) < 4.78 is 5.64. The molecular formula is C31H24N2O2. The van der Waals surface area contributed by atoms with Crippen LogP contribution in [0.15, 0.2) is 84.9 Å². The molecule has 1 heterocycles. The van der Waals surface area contributed by atoms with Crippen molar-refractivity contribution in [2.75, 3.05) is 6.61 Å². The predicted octanol–water partition coefficient (Wildman–Crippen LogP) is 6.82. The molecular weight excluding hydrogens is 432 g/mol. The van der Waals surface area contributed by atoms with Crippen LogP contribution in [0.4, 0.5) is 0 Å². The molecule has 0 atom stereocenters. The Hall–Kier alpha value is -4.49. The van der Waals surface area contributed by atoms with Crippen LogP contribution >= 0.6 is 0 Å². The molecule has 5 aromatic rings. The van der Waals surface area contributed by atoms with Crippen molar-refractivity contribution in [1.82, 2.24) is 9.97 Å². The molecule has 0 radical (unpaired) electrons. The van der Waals surface area contributed by atoms with E-state index in [2.05, 4.69) is 36.9 Å². The predicted molar refractivity (Wildman–Crippen MR) is 141 cm³/mol. The van der Waals surface area contributed by atoms with Crippen LogP contribution in [-0.4, -0.2) is 22.4 Å². The van der Waals surface area contributed by atoms with Crippen LogP contribution < -0.4 is 4.74 Å². The summed E-state index contributed by atoms with van der Waals surface area (Å²) >= 11 is 0. The first-order valence-electron chi connectivity index (χ1n) is 11.6. The highest BCUT2D eigenvalue weighted by Gasteiger charge is 2.19. The number of hydrogen-bond acceptors (Lipinski definition) is 4. The third kappa shape index (κ3) is 4.37. The normalized spacial score (nSPS) is 11.0. The van der Waals surface area contributed by atoms with Crippen LogP contribution in [0.5, 0.6) is 5.75 Å².